The number of benzene rings is 1. The van der Waals surface area contributed by atoms with E-state index in [0.717, 1.165) is 0 Å². The van der Waals surface area contributed by atoms with Crippen LogP contribution in [0.4, 0.5) is 5.69 Å². The van der Waals surface area contributed by atoms with Crippen LogP contribution in [0.2, 0.25) is 0 Å². The van der Waals surface area contributed by atoms with Crippen molar-refractivity contribution in [3.05, 3.63) is 54.4 Å². The Morgan fingerprint density at radius 2 is 1.81 bits per heavy atom. The Kier molecular flexibility index (Phi) is 2.82. The molecule has 1 heterocycles. The Labute approximate surface area is 92.6 Å². The van der Waals surface area contributed by atoms with Gasteiger partial charge in [-0.05, 0) is 24.3 Å². The van der Waals surface area contributed by atoms with Gasteiger partial charge in [-0.2, -0.15) is 0 Å². The van der Waals surface area contributed by atoms with Crippen molar-refractivity contribution in [2.24, 2.45) is 0 Å². The molecule has 0 bridgehead atoms. The summed E-state index contributed by atoms with van der Waals surface area (Å²) in [6, 6.07) is 9.75. The first-order valence-electron chi connectivity index (χ1n) is 4.77. The SMILES string of the molecule is O=C(Nc1ccncc1)c1ccccc1O. The van der Waals surface area contributed by atoms with E-state index in [0.29, 0.717) is 5.69 Å². The second kappa shape index (κ2) is 4.44. The molecule has 2 rings (SSSR count). The second-order valence-electron chi connectivity index (χ2n) is 3.21. The third-order valence-corrected chi connectivity index (χ3v) is 2.09. The van der Waals surface area contributed by atoms with Crippen LogP contribution < -0.4 is 5.32 Å². The van der Waals surface area contributed by atoms with Gasteiger partial charge < -0.3 is 10.4 Å². The van der Waals surface area contributed by atoms with Crippen LogP contribution in [-0.2, 0) is 0 Å². The number of amides is 1. The van der Waals surface area contributed by atoms with E-state index < -0.39 is 0 Å². The Bertz CT molecular complexity index is 497. The van der Waals surface area contributed by atoms with E-state index in [2.05, 4.69) is 10.3 Å². The van der Waals surface area contributed by atoms with Crippen LogP contribution in [0, 0.1) is 0 Å². The average Bonchev–Trinajstić information content (AvgIpc) is 2.31. The zero-order valence-corrected chi connectivity index (χ0v) is 8.42. The number of nitrogens with zero attached hydrogens (tertiary/aromatic N) is 1. The molecule has 1 aromatic carbocycles. The van der Waals surface area contributed by atoms with Crippen molar-refractivity contribution in [2.45, 2.75) is 0 Å². The lowest BCUT2D eigenvalue weighted by atomic mass is 10.2. The molecular weight excluding hydrogens is 204 g/mol. The third-order valence-electron chi connectivity index (χ3n) is 2.09. The largest absolute Gasteiger partial charge is 0.507 e. The molecule has 4 heteroatoms. The van der Waals surface area contributed by atoms with Gasteiger partial charge in [0.2, 0.25) is 0 Å². The number of carbonyl (C=O) groups excluding carboxylic acids is 1. The van der Waals surface area contributed by atoms with Gasteiger partial charge in [-0.1, -0.05) is 12.1 Å². The molecule has 0 fully saturated rings. The Morgan fingerprint density at radius 3 is 2.50 bits per heavy atom. The number of phenols is 1. The first-order chi connectivity index (χ1) is 7.77. The maximum Gasteiger partial charge on any atom is 0.259 e. The van der Waals surface area contributed by atoms with Gasteiger partial charge in [0.15, 0.2) is 0 Å². The summed E-state index contributed by atoms with van der Waals surface area (Å²) in [5, 5.41) is 12.1. The molecule has 0 atom stereocenters. The van der Waals surface area contributed by atoms with Crippen molar-refractivity contribution in [3.8, 4) is 5.75 Å². The predicted molar refractivity (Wildman–Crippen MR) is 60.3 cm³/mol. The molecule has 0 spiro atoms. The molecule has 80 valence electrons. The molecular formula is C12H10N2O2. The molecule has 4 nitrogen and oxygen atoms in total. The predicted octanol–water partition coefficient (Wildman–Crippen LogP) is 2.04. The smallest absolute Gasteiger partial charge is 0.259 e. The van der Waals surface area contributed by atoms with E-state index in [1.54, 1.807) is 42.7 Å². The van der Waals surface area contributed by atoms with Crippen molar-refractivity contribution in [1.82, 2.24) is 4.98 Å². The van der Waals surface area contributed by atoms with Gasteiger partial charge >= 0.3 is 0 Å². The quantitative estimate of drug-likeness (QED) is 0.804. The minimum atomic E-state index is -0.343. The minimum Gasteiger partial charge on any atom is -0.507 e. The summed E-state index contributed by atoms with van der Waals surface area (Å²) in [7, 11) is 0. The summed E-state index contributed by atoms with van der Waals surface area (Å²) in [4.78, 5) is 15.6. The molecule has 0 saturated heterocycles. The molecule has 1 aromatic heterocycles. The van der Waals surface area contributed by atoms with Crippen molar-refractivity contribution in [3.63, 3.8) is 0 Å². The molecule has 2 N–H and O–H groups in total. The average molecular weight is 214 g/mol. The molecule has 0 aliphatic heterocycles. The van der Waals surface area contributed by atoms with Crippen LogP contribution in [-0.4, -0.2) is 16.0 Å². The molecule has 0 aliphatic rings. The number of aromatic nitrogens is 1. The number of nitrogens with one attached hydrogen (secondary N) is 1. The Morgan fingerprint density at radius 1 is 1.12 bits per heavy atom. The number of phenolic OH excluding ortho intramolecular Hbond substituents is 1. The molecule has 1 amide bonds. The number of anilines is 1. The first kappa shape index (κ1) is 10.2. The van der Waals surface area contributed by atoms with E-state index in [1.807, 2.05) is 0 Å². The highest BCUT2D eigenvalue weighted by Crippen LogP contribution is 2.17. The Hall–Kier alpha value is -2.36. The second-order valence-corrected chi connectivity index (χ2v) is 3.21. The van der Waals surface area contributed by atoms with Gasteiger partial charge in [0, 0.05) is 18.1 Å². The maximum absolute atomic E-state index is 11.7. The fourth-order valence-corrected chi connectivity index (χ4v) is 1.30. The van der Waals surface area contributed by atoms with Gasteiger partial charge in [-0.25, -0.2) is 0 Å². The van der Waals surface area contributed by atoms with Gasteiger partial charge in [-0.3, -0.25) is 9.78 Å². The monoisotopic (exact) mass is 214 g/mol. The van der Waals surface area contributed by atoms with E-state index in [9.17, 15) is 9.90 Å². The number of hydrogen-bond acceptors (Lipinski definition) is 3. The number of carbonyl (C=O) groups is 1. The van der Waals surface area contributed by atoms with E-state index >= 15 is 0 Å². The number of aromatic hydroxyl groups is 1. The number of pyridine rings is 1. The van der Waals surface area contributed by atoms with Crippen LogP contribution in [0.15, 0.2) is 48.8 Å². The molecule has 2 aromatic rings. The highest BCUT2D eigenvalue weighted by molar-refractivity contribution is 6.06. The van der Waals surface area contributed by atoms with Crippen molar-refractivity contribution in [2.75, 3.05) is 5.32 Å². The molecule has 0 unspecified atom stereocenters. The molecule has 0 aliphatic carbocycles. The lowest BCUT2D eigenvalue weighted by Gasteiger charge is -2.05. The Balaban J connectivity index is 2.19. The topological polar surface area (TPSA) is 62.2 Å². The van der Waals surface area contributed by atoms with E-state index in [-0.39, 0.29) is 17.2 Å². The highest BCUT2D eigenvalue weighted by Gasteiger charge is 2.09. The summed E-state index contributed by atoms with van der Waals surface area (Å²) >= 11 is 0. The standard InChI is InChI=1S/C12H10N2O2/c15-11-4-2-1-3-10(11)12(16)14-9-5-7-13-8-6-9/h1-8,15H,(H,13,14,16). The van der Waals surface area contributed by atoms with E-state index in [4.69, 9.17) is 0 Å². The normalized spacial score (nSPS) is 9.75. The highest BCUT2D eigenvalue weighted by atomic mass is 16.3. The molecule has 0 radical (unpaired) electrons. The van der Waals surface area contributed by atoms with Crippen molar-refractivity contribution < 1.29 is 9.90 Å². The molecule has 16 heavy (non-hydrogen) atoms. The number of rotatable bonds is 2. The fourth-order valence-electron chi connectivity index (χ4n) is 1.30. The van der Waals surface area contributed by atoms with Crippen LogP contribution in [0.25, 0.3) is 0 Å². The van der Waals surface area contributed by atoms with Crippen molar-refractivity contribution in [1.29, 1.82) is 0 Å². The lowest BCUT2D eigenvalue weighted by molar-refractivity contribution is 0.102. The van der Waals surface area contributed by atoms with Crippen LogP contribution in [0.3, 0.4) is 0 Å². The minimum absolute atomic E-state index is 0.0333. The number of para-hydroxylation sites is 1. The molecule has 0 saturated carbocycles. The third kappa shape index (κ3) is 2.17. The van der Waals surface area contributed by atoms with Crippen LogP contribution >= 0.6 is 0 Å². The summed E-state index contributed by atoms with van der Waals surface area (Å²) in [5.41, 5.74) is 0.891. The fraction of sp³-hybridized carbons (Fsp3) is 0. The summed E-state index contributed by atoms with van der Waals surface area (Å²) in [6.07, 6.45) is 3.17. The van der Waals surface area contributed by atoms with Gasteiger partial charge in [0.25, 0.3) is 5.91 Å². The zero-order valence-electron chi connectivity index (χ0n) is 8.42. The van der Waals surface area contributed by atoms with Crippen LogP contribution in [0.5, 0.6) is 5.75 Å². The van der Waals surface area contributed by atoms with Crippen molar-refractivity contribution >= 4 is 11.6 Å². The summed E-state index contributed by atoms with van der Waals surface area (Å²) in [5.74, 6) is -0.377. The van der Waals surface area contributed by atoms with E-state index in [1.165, 1.54) is 6.07 Å². The van der Waals surface area contributed by atoms with Crippen LogP contribution in [0.1, 0.15) is 10.4 Å². The van der Waals surface area contributed by atoms with Gasteiger partial charge in [-0.15, -0.1) is 0 Å². The van der Waals surface area contributed by atoms with Gasteiger partial charge in [0.1, 0.15) is 5.75 Å². The lowest BCUT2D eigenvalue weighted by Crippen LogP contribution is -2.11. The maximum atomic E-state index is 11.7. The number of hydrogen-bond donors (Lipinski definition) is 2. The summed E-state index contributed by atoms with van der Waals surface area (Å²) < 4.78 is 0. The zero-order chi connectivity index (χ0) is 11.4. The summed E-state index contributed by atoms with van der Waals surface area (Å²) in [6.45, 7) is 0. The van der Waals surface area contributed by atoms with Gasteiger partial charge in [0.05, 0.1) is 5.56 Å². The first-order valence-corrected chi connectivity index (χ1v) is 4.77.